The zero-order valence-electron chi connectivity index (χ0n) is 16.0. The van der Waals surface area contributed by atoms with Crippen LogP contribution in [0.25, 0.3) is 6.08 Å². The first-order valence-electron chi connectivity index (χ1n) is 9.16. The summed E-state index contributed by atoms with van der Waals surface area (Å²) in [7, 11) is 0. The molecule has 1 heterocycles. The maximum absolute atomic E-state index is 13.4. The summed E-state index contributed by atoms with van der Waals surface area (Å²) in [4.78, 5) is 28.5. The average molecular weight is 401 g/mol. The number of rotatable bonds is 4. The van der Waals surface area contributed by atoms with Gasteiger partial charge in [-0.15, -0.1) is 0 Å². The van der Waals surface area contributed by atoms with Crippen LogP contribution in [-0.2, 0) is 9.53 Å². The van der Waals surface area contributed by atoms with E-state index >= 15 is 0 Å². The highest BCUT2D eigenvalue weighted by atomic mass is 19.1. The van der Waals surface area contributed by atoms with Crippen LogP contribution in [0.3, 0.4) is 0 Å². The van der Waals surface area contributed by atoms with Crippen LogP contribution in [-0.4, -0.2) is 17.8 Å². The van der Waals surface area contributed by atoms with E-state index in [4.69, 9.17) is 9.47 Å². The lowest BCUT2D eigenvalue weighted by Crippen LogP contribution is -2.09. The van der Waals surface area contributed by atoms with Gasteiger partial charge in [0.25, 0.3) is 0 Å². The summed E-state index contributed by atoms with van der Waals surface area (Å²) in [5.74, 6) is -1.08. The second-order valence-corrected chi connectivity index (χ2v) is 6.62. The van der Waals surface area contributed by atoms with Crippen LogP contribution in [0.4, 0.5) is 4.39 Å². The Morgan fingerprint density at radius 1 is 1.03 bits per heavy atom. The molecule has 3 aromatic carbocycles. The molecule has 0 fully saturated rings. The number of nitrogens with zero attached hydrogens (tertiary/aromatic N) is 1. The zero-order valence-corrected chi connectivity index (χ0v) is 16.0. The van der Waals surface area contributed by atoms with Crippen LogP contribution in [0.1, 0.15) is 27.0 Å². The Labute approximate surface area is 172 Å². The van der Waals surface area contributed by atoms with Gasteiger partial charge in [0, 0.05) is 5.56 Å². The van der Waals surface area contributed by atoms with Crippen LogP contribution >= 0.6 is 0 Å². The maximum Gasteiger partial charge on any atom is 0.363 e. The molecule has 0 spiro atoms. The Hall–Kier alpha value is -4.06. The van der Waals surface area contributed by atoms with Crippen LogP contribution in [0.5, 0.6) is 5.75 Å². The monoisotopic (exact) mass is 401 g/mol. The summed E-state index contributed by atoms with van der Waals surface area (Å²) in [6, 6.07) is 19.5. The Kier molecular flexibility index (Phi) is 5.22. The zero-order chi connectivity index (χ0) is 21.1. The fraction of sp³-hybridized carbons (Fsp3) is 0.0417. The number of carbonyl (C=O) groups is 2. The van der Waals surface area contributed by atoms with Gasteiger partial charge in [-0.1, -0.05) is 36.4 Å². The minimum absolute atomic E-state index is 0.0505. The minimum atomic E-state index is -0.621. The standard InChI is InChI=1S/C24H16FNO4/c1-15-5-2-3-8-20(15)23(27)29-19-11-9-16(10-12-19)13-21-24(28)30-22(26-21)17-6-4-7-18(25)14-17/h2-14H,1H3/b21-13+. The first-order valence-corrected chi connectivity index (χ1v) is 9.16. The molecule has 4 rings (SSSR count). The van der Waals surface area contributed by atoms with Crippen LogP contribution in [0.2, 0.25) is 0 Å². The second kappa shape index (κ2) is 8.13. The Morgan fingerprint density at radius 3 is 2.53 bits per heavy atom. The molecule has 5 nitrogen and oxygen atoms in total. The van der Waals surface area contributed by atoms with Crippen molar-refractivity contribution in [2.24, 2.45) is 4.99 Å². The molecule has 0 amide bonds. The van der Waals surface area contributed by atoms with Gasteiger partial charge >= 0.3 is 11.9 Å². The molecule has 148 valence electrons. The summed E-state index contributed by atoms with van der Waals surface area (Å²) in [5.41, 5.74) is 2.47. The van der Waals surface area contributed by atoms with Gasteiger partial charge in [0.2, 0.25) is 5.90 Å². The number of esters is 2. The number of aryl methyl sites for hydroxylation is 1. The molecule has 0 radical (unpaired) electrons. The molecule has 6 heteroatoms. The predicted octanol–water partition coefficient (Wildman–Crippen LogP) is 4.70. The summed E-state index contributed by atoms with van der Waals surface area (Å²) >= 11 is 0. The largest absolute Gasteiger partial charge is 0.423 e. The van der Waals surface area contributed by atoms with E-state index in [0.29, 0.717) is 22.4 Å². The van der Waals surface area contributed by atoms with Gasteiger partial charge in [-0.3, -0.25) is 0 Å². The number of halogens is 1. The number of ether oxygens (including phenoxy) is 2. The molecule has 1 aliphatic rings. The number of hydrogen-bond donors (Lipinski definition) is 0. The lowest BCUT2D eigenvalue weighted by atomic mass is 10.1. The van der Waals surface area contributed by atoms with Crippen molar-refractivity contribution in [1.29, 1.82) is 0 Å². The Morgan fingerprint density at radius 2 is 1.80 bits per heavy atom. The smallest absolute Gasteiger partial charge is 0.363 e. The number of benzene rings is 3. The molecule has 0 bridgehead atoms. The third kappa shape index (κ3) is 4.17. The van der Waals surface area contributed by atoms with Crippen molar-refractivity contribution in [1.82, 2.24) is 0 Å². The molecule has 1 aliphatic heterocycles. The summed E-state index contributed by atoms with van der Waals surface area (Å²) < 4.78 is 23.9. The van der Waals surface area contributed by atoms with Gasteiger partial charge in [0.15, 0.2) is 5.70 Å². The van der Waals surface area contributed by atoms with E-state index in [1.807, 2.05) is 19.1 Å². The van der Waals surface area contributed by atoms with E-state index in [2.05, 4.69) is 4.99 Å². The topological polar surface area (TPSA) is 65.0 Å². The van der Waals surface area contributed by atoms with E-state index < -0.39 is 17.8 Å². The van der Waals surface area contributed by atoms with Gasteiger partial charge in [0.1, 0.15) is 11.6 Å². The Balaban J connectivity index is 1.50. The van der Waals surface area contributed by atoms with E-state index in [1.54, 1.807) is 48.5 Å². The average Bonchev–Trinajstić information content (AvgIpc) is 3.10. The van der Waals surface area contributed by atoms with Crippen LogP contribution < -0.4 is 4.74 Å². The number of carbonyl (C=O) groups excluding carboxylic acids is 2. The second-order valence-electron chi connectivity index (χ2n) is 6.62. The fourth-order valence-electron chi connectivity index (χ4n) is 2.91. The first kappa shape index (κ1) is 19.3. The molecule has 0 aromatic heterocycles. The fourth-order valence-corrected chi connectivity index (χ4v) is 2.91. The molecule has 30 heavy (non-hydrogen) atoms. The molecule has 0 unspecified atom stereocenters. The van der Waals surface area contributed by atoms with Crippen molar-refractivity contribution in [2.45, 2.75) is 6.92 Å². The maximum atomic E-state index is 13.4. The Bertz CT molecular complexity index is 1200. The molecular formula is C24H16FNO4. The normalized spacial score (nSPS) is 14.4. The molecule has 3 aromatic rings. The number of hydrogen-bond acceptors (Lipinski definition) is 5. The molecule has 0 N–H and O–H groups in total. The van der Waals surface area contributed by atoms with Crippen molar-refractivity contribution in [3.63, 3.8) is 0 Å². The van der Waals surface area contributed by atoms with Crippen LogP contribution in [0.15, 0.2) is 83.5 Å². The van der Waals surface area contributed by atoms with Gasteiger partial charge in [-0.2, -0.15) is 0 Å². The lowest BCUT2D eigenvalue weighted by molar-refractivity contribution is -0.129. The van der Waals surface area contributed by atoms with Crippen molar-refractivity contribution in [2.75, 3.05) is 0 Å². The molecule has 0 atom stereocenters. The van der Waals surface area contributed by atoms with Gasteiger partial charge < -0.3 is 9.47 Å². The third-order valence-electron chi connectivity index (χ3n) is 4.45. The lowest BCUT2D eigenvalue weighted by Gasteiger charge is -2.06. The predicted molar refractivity (Wildman–Crippen MR) is 110 cm³/mol. The van der Waals surface area contributed by atoms with E-state index in [9.17, 15) is 14.0 Å². The van der Waals surface area contributed by atoms with Crippen LogP contribution in [0, 0.1) is 12.7 Å². The highest BCUT2D eigenvalue weighted by Gasteiger charge is 2.24. The van der Waals surface area contributed by atoms with Crippen molar-refractivity contribution in [3.8, 4) is 5.75 Å². The molecule has 0 saturated carbocycles. The molecular weight excluding hydrogens is 385 g/mol. The quantitative estimate of drug-likeness (QED) is 0.361. The van der Waals surface area contributed by atoms with Gasteiger partial charge in [-0.05, 0) is 60.5 Å². The summed E-state index contributed by atoms with van der Waals surface area (Å²) in [6.45, 7) is 1.84. The molecule has 0 saturated heterocycles. The molecule has 0 aliphatic carbocycles. The first-order chi connectivity index (χ1) is 14.5. The highest BCUT2D eigenvalue weighted by molar-refractivity contribution is 6.12. The summed E-state index contributed by atoms with van der Waals surface area (Å²) in [5, 5.41) is 0. The summed E-state index contributed by atoms with van der Waals surface area (Å²) in [6.07, 6.45) is 1.54. The van der Waals surface area contributed by atoms with Crippen molar-refractivity contribution in [3.05, 3.63) is 107 Å². The van der Waals surface area contributed by atoms with E-state index in [1.165, 1.54) is 18.2 Å². The third-order valence-corrected chi connectivity index (χ3v) is 4.45. The van der Waals surface area contributed by atoms with Gasteiger partial charge in [0.05, 0.1) is 5.56 Å². The van der Waals surface area contributed by atoms with Gasteiger partial charge in [-0.25, -0.2) is 19.0 Å². The number of cyclic esters (lactones) is 1. The van der Waals surface area contributed by atoms with Crippen molar-refractivity contribution < 1.29 is 23.5 Å². The van der Waals surface area contributed by atoms with E-state index in [0.717, 1.165) is 5.56 Å². The highest BCUT2D eigenvalue weighted by Crippen LogP contribution is 2.21. The number of aliphatic imine (C=N–C) groups is 1. The minimum Gasteiger partial charge on any atom is -0.423 e. The SMILES string of the molecule is Cc1ccccc1C(=O)Oc1ccc(/C=C2/N=C(c3cccc(F)c3)OC2=O)cc1. The van der Waals surface area contributed by atoms with E-state index in [-0.39, 0.29) is 11.6 Å². The van der Waals surface area contributed by atoms with Crippen molar-refractivity contribution >= 4 is 23.9 Å².